The summed E-state index contributed by atoms with van der Waals surface area (Å²) in [6, 6.07) is 20.1. The molecule has 7 nitrogen and oxygen atoms in total. The molecule has 2 heterocycles. The van der Waals surface area contributed by atoms with Gasteiger partial charge in [0.05, 0.1) is 25.3 Å². The molecule has 2 N–H and O–H groups in total. The molecule has 0 aromatic heterocycles. The Labute approximate surface area is 190 Å². The van der Waals surface area contributed by atoms with Crippen LogP contribution < -0.4 is 21.0 Å². The molecule has 8 heteroatoms. The summed E-state index contributed by atoms with van der Waals surface area (Å²) in [4.78, 5) is 25.8. The van der Waals surface area contributed by atoms with Crippen LogP contribution in [0, 0.1) is 5.41 Å². The topological polar surface area (TPSA) is 79.9 Å². The number of rotatable bonds is 7. The zero-order chi connectivity index (χ0) is 22.8. The van der Waals surface area contributed by atoms with E-state index in [1.165, 1.54) is 15.3 Å². The van der Waals surface area contributed by atoms with E-state index < -0.39 is 13.7 Å². The number of carbonyl (C=O) groups excluding carboxylic acids is 2. The second-order valence-electron chi connectivity index (χ2n) is 9.67. The minimum absolute atomic E-state index is 0.149. The Morgan fingerprint density at radius 3 is 1.84 bits per heavy atom. The van der Waals surface area contributed by atoms with Crippen LogP contribution >= 0.6 is 0 Å². The Balaban J connectivity index is 1.68. The zero-order valence-corrected chi connectivity index (χ0v) is 19.9. The van der Waals surface area contributed by atoms with E-state index in [-0.39, 0.29) is 30.3 Å². The molecule has 2 aromatic rings. The second-order valence-corrected chi connectivity index (χ2v) is 14.0. The summed E-state index contributed by atoms with van der Waals surface area (Å²) in [5, 5.41) is 7.57. The lowest BCUT2D eigenvalue weighted by Gasteiger charge is -2.49. The highest BCUT2D eigenvalue weighted by atomic mass is 28.4. The second kappa shape index (κ2) is 8.69. The molecule has 0 bridgehead atoms. The van der Waals surface area contributed by atoms with Gasteiger partial charge in [0.15, 0.2) is 0 Å². The largest absolute Gasteiger partial charge is 0.407 e. The Morgan fingerprint density at radius 1 is 0.938 bits per heavy atom. The monoisotopic (exact) mass is 453 g/mol. The Bertz CT molecular complexity index is 903. The first-order valence-corrected chi connectivity index (χ1v) is 12.8. The molecule has 0 atom stereocenters. The minimum atomic E-state index is -2.72. The molecular weight excluding hydrogens is 422 g/mol. The van der Waals surface area contributed by atoms with Gasteiger partial charge in [0.1, 0.15) is 0 Å². The van der Waals surface area contributed by atoms with Gasteiger partial charge in [0, 0.05) is 13.2 Å². The first-order valence-electron chi connectivity index (χ1n) is 10.9. The smallest absolute Gasteiger partial charge is 0.326 e. The number of ether oxygens (including phenoxy) is 1. The maximum atomic E-state index is 12.3. The summed E-state index contributed by atoms with van der Waals surface area (Å²) in [6.07, 6.45) is 0. The first kappa shape index (κ1) is 22.5. The Hall–Kier alpha value is -2.68. The predicted molar refractivity (Wildman–Crippen MR) is 125 cm³/mol. The fourth-order valence-electron chi connectivity index (χ4n) is 4.59. The molecule has 0 spiro atoms. The molecule has 4 amide bonds. The number of hydrogen-bond acceptors (Lipinski definition) is 4. The Morgan fingerprint density at radius 2 is 1.44 bits per heavy atom. The maximum absolute atomic E-state index is 12.3. The first-order chi connectivity index (χ1) is 15.3. The van der Waals surface area contributed by atoms with Crippen LogP contribution in [0.2, 0.25) is 5.04 Å². The lowest BCUT2D eigenvalue weighted by Crippen LogP contribution is -2.69. The fraction of sp³-hybridized carbons (Fsp3) is 0.417. The number of carbonyl (C=O) groups is 2. The molecule has 0 radical (unpaired) electrons. The maximum Gasteiger partial charge on any atom is 0.326 e. The van der Waals surface area contributed by atoms with Crippen LogP contribution in [0.1, 0.15) is 20.8 Å². The quantitative estimate of drug-likeness (QED) is 0.631. The molecular formula is C24H31N3O4Si. The van der Waals surface area contributed by atoms with E-state index >= 15 is 0 Å². The van der Waals surface area contributed by atoms with Crippen molar-refractivity contribution in [3.8, 4) is 0 Å². The molecule has 2 saturated heterocycles. The van der Waals surface area contributed by atoms with Crippen molar-refractivity contribution in [2.75, 3.05) is 33.0 Å². The van der Waals surface area contributed by atoms with Crippen LogP contribution in [0.15, 0.2) is 60.7 Å². The van der Waals surface area contributed by atoms with Crippen molar-refractivity contribution in [3.05, 3.63) is 60.7 Å². The summed E-state index contributed by atoms with van der Waals surface area (Å²) in [5.74, 6) is 0. The summed E-state index contributed by atoms with van der Waals surface area (Å²) in [5.41, 5.74) is -0.431. The van der Waals surface area contributed by atoms with Crippen molar-refractivity contribution in [2.24, 2.45) is 5.41 Å². The van der Waals surface area contributed by atoms with Gasteiger partial charge >= 0.3 is 12.1 Å². The molecule has 2 fully saturated rings. The van der Waals surface area contributed by atoms with E-state index in [1.54, 1.807) is 0 Å². The number of nitrogens with one attached hydrogen (secondary N) is 2. The molecule has 4 rings (SSSR count). The average Bonchev–Trinajstić information content (AvgIpc) is 2.75. The molecule has 2 aliphatic heterocycles. The van der Waals surface area contributed by atoms with Gasteiger partial charge in [-0.15, -0.1) is 0 Å². The highest BCUT2D eigenvalue weighted by Gasteiger charge is 2.53. The average molecular weight is 454 g/mol. The zero-order valence-electron chi connectivity index (χ0n) is 18.9. The van der Waals surface area contributed by atoms with Crippen molar-refractivity contribution in [1.29, 1.82) is 0 Å². The van der Waals surface area contributed by atoms with Gasteiger partial charge in [-0.3, -0.25) is 0 Å². The summed E-state index contributed by atoms with van der Waals surface area (Å²) < 4.78 is 12.6. The predicted octanol–water partition coefficient (Wildman–Crippen LogP) is 2.27. The van der Waals surface area contributed by atoms with E-state index in [2.05, 4.69) is 79.9 Å². The van der Waals surface area contributed by atoms with Gasteiger partial charge in [-0.05, 0) is 15.4 Å². The van der Waals surface area contributed by atoms with E-state index in [9.17, 15) is 9.59 Å². The number of amides is 4. The van der Waals surface area contributed by atoms with Gasteiger partial charge in [-0.2, -0.15) is 0 Å². The third-order valence-corrected chi connectivity index (χ3v) is 11.3. The van der Waals surface area contributed by atoms with Gasteiger partial charge in [-0.25, -0.2) is 14.5 Å². The van der Waals surface area contributed by atoms with Crippen LogP contribution in [0.5, 0.6) is 0 Å². The van der Waals surface area contributed by atoms with Crippen molar-refractivity contribution in [3.63, 3.8) is 0 Å². The van der Waals surface area contributed by atoms with Crippen LogP contribution in [-0.4, -0.2) is 58.3 Å². The highest BCUT2D eigenvalue weighted by Crippen LogP contribution is 2.39. The Kier molecular flexibility index (Phi) is 6.11. The van der Waals surface area contributed by atoms with Crippen LogP contribution in [0.3, 0.4) is 0 Å². The van der Waals surface area contributed by atoms with Gasteiger partial charge in [0.2, 0.25) is 0 Å². The number of urea groups is 2. The van der Waals surface area contributed by atoms with Gasteiger partial charge in [0.25, 0.3) is 8.32 Å². The third kappa shape index (κ3) is 4.05. The number of hydrogen-bond donors (Lipinski definition) is 2. The third-order valence-electron chi connectivity index (χ3n) is 6.29. The summed E-state index contributed by atoms with van der Waals surface area (Å²) in [6.45, 7) is 8.39. The van der Waals surface area contributed by atoms with Crippen molar-refractivity contribution in [1.82, 2.24) is 15.5 Å². The summed E-state index contributed by atoms with van der Waals surface area (Å²) in [7, 11) is -2.72. The van der Waals surface area contributed by atoms with Gasteiger partial charge in [-0.1, -0.05) is 81.4 Å². The van der Waals surface area contributed by atoms with Crippen molar-refractivity contribution in [2.45, 2.75) is 25.8 Å². The number of nitrogens with zero attached hydrogens (tertiary/aromatic N) is 1. The summed E-state index contributed by atoms with van der Waals surface area (Å²) >= 11 is 0. The lowest BCUT2D eigenvalue weighted by atomic mass is 9.86. The minimum Gasteiger partial charge on any atom is -0.407 e. The molecule has 0 unspecified atom stereocenters. The van der Waals surface area contributed by atoms with Crippen LogP contribution in [0.25, 0.3) is 0 Å². The molecule has 32 heavy (non-hydrogen) atoms. The molecule has 2 aliphatic rings. The lowest BCUT2D eigenvalue weighted by molar-refractivity contribution is -0.138. The van der Waals surface area contributed by atoms with E-state index in [0.29, 0.717) is 19.8 Å². The van der Waals surface area contributed by atoms with Crippen molar-refractivity contribution < 1.29 is 18.8 Å². The SMILES string of the molecule is CC(C)(C)[Si](OCC1(CN2C(=O)NCNC2=O)COC1)(c1ccccc1)c1ccccc1. The van der Waals surface area contributed by atoms with Gasteiger partial charge < -0.3 is 19.8 Å². The van der Waals surface area contributed by atoms with E-state index in [0.717, 1.165) is 0 Å². The van der Waals surface area contributed by atoms with E-state index in [1.807, 2.05) is 12.1 Å². The molecule has 0 aliphatic carbocycles. The fourth-order valence-corrected chi connectivity index (χ4v) is 9.27. The number of imide groups is 1. The highest BCUT2D eigenvalue weighted by molar-refractivity contribution is 6.99. The van der Waals surface area contributed by atoms with Crippen LogP contribution in [0.4, 0.5) is 9.59 Å². The van der Waals surface area contributed by atoms with Crippen molar-refractivity contribution >= 4 is 30.8 Å². The molecule has 2 aromatic carbocycles. The normalized spacial score (nSPS) is 18.5. The standard InChI is InChI=1S/C24H31N3O4Si/c1-23(2,3)32(19-10-6-4-7-11-19,20-12-8-5-9-13-20)31-17-24(15-30-16-24)14-27-21(28)25-18-26-22(27)29/h4-13H,14-18H2,1-3H3,(H,25,28)(H,26,29). The molecule has 0 saturated carbocycles. The van der Waals surface area contributed by atoms with Crippen LogP contribution in [-0.2, 0) is 9.16 Å². The molecule has 170 valence electrons. The number of benzene rings is 2. The van der Waals surface area contributed by atoms with E-state index in [4.69, 9.17) is 9.16 Å².